The van der Waals surface area contributed by atoms with Gasteiger partial charge in [0.1, 0.15) is 0 Å². The Morgan fingerprint density at radius 3 is 2.35 bits per heavy atom. The lowest BCUT2D eigenvalue weighted by molar-refractivity contribution is -0.160. The fourth-order valence-electron chi connectivity index (χ4n) is 4.54. The van der Waals surface area contributed by atoms with Gasteiger partial charge in [0.2, 0.25) is 11.8 Å². The average Bonchev–Trinajstić information content (AvgIpc) is 2.63. The Balaban J connectivity index is 1.95. The topological polar surface area (TPSA) is 64.2 Å². The molecule has 0 bridgehead atoms. The van der Waals surface area contributed by atoms with Gasteiger partial charge in [0.15, 0.2) is 5.41 Å². The van der Waals surface area contributed by atoms with E-state index in [1.807, 2.05) is 19.2 Å². The SMILES string of the molecule is CN1CCN2c3cccc(Cl)c3CC3(C(=O)N(C)C(=O)N(C)C3=O)C2C1. The predicted molar refractivity (Wildman–Crippen MR) is 97.2 cm³/mol. The van der Waals surface area contributed by atoms with E-state index in [0.717, 1.165) is 27.6 Å². The second-order valence-corrected chi connectivity index (χ2v) is 7.78. The Kier molecular flexibility index (Phi) is 3.79. The molecule has 0 N–H and O–H groups in total. The molecule has 1 aromatic carbocycles. The molecule has 138 valence electrons. The second kappa shape index (κ2) is 5.69. The molecule has 0 radical (unpaired) electrons. The molecule has 4 rings (SSSR count). The molecule has 26 heavy (non-hydrogen) atoms. The van der Waals surface area contributed by atoms with Crippen molar-refractivity contribution in [1.29, 1.82) is 0 Å². The van der Waals surface area contributed by atoms with Gasteiger partial charge >= 0.3 is 6.03 Å². The number of carbonyl (C=O) groups is 3. The van der Waals surface area contributed by atoms with Crippen molar-refractivity contribution in [3.63, 3.8) is 0 Å². The quantitative estimate of drug-likeness (QED) is 0.633. The highest BCUT2D eigenvalue weighted by Gasteiger charge is 2.63. The summed E-state index contributed by atoms with van der Waals surface area (Å²) in [5.74, 6) is -0.886. The molecule has 1 aromatic rings. The van der Waals surface area contributed by atoms with Crippen molar-refractivity contribution in [2.45, 2.75) is 12.5 Å². The fourth-order valence-corrected chi connectivity index (χ4v) is 4.78. The summed E-state index contributed by atoms with van der Waals surface area (Å²) < 4.78 is 0. The minimum Gasteiger partial charge on any atom is -0.364 e. The molecule has 3 aliphatic heterocycles. The van der Waals surface area contributed by atoms with Crippen molar-refractivity contribution in [2.75, 3.05) is 45.7 Å². The summed E-state index contributed by atoms with van der Waals surface area (Å²) in [6.07, 6.45) is 0.205. The van der Waals surface area contributed by atoms with E-state index in [9.17, 15) is 14.4 Å². The first-order valence-electron chi connectivity index (χ1n) is 8.62. The number of carbonyl (C=O) groups excluding carboxylic acids is 3. The molecule has 3 heterocycles. The number of fused-ring (bicyclic) bond motifs is 4. The number of rotatable bonds is 0. The Hall–Kier alpha value is -2.12. The number of imide groups is 2. The van der Waals surface area contributed by atoms with Crippen LogP contribution < -0.4 is 4.90 Å². The molecular weight excluding hydrogens is 356 g/mol. The zero-order valence-electron chi connectivity index (χ0n) is 15.0. The summed E-state index contributed by atoms with van der Waals surface area (Å²) >= 11 is 6.45. The lowest BCUT2D eigenvalue weighted by Crippen LogP contribution is -2.74. The van der Waals surface area contributed by atoms with E-state index in [4.69, 9.17) is 11.6 Å². The maximum atomic E-state index is 13.3. The number of likely N-dealkylation sites (N-methyl/N-ethyl adjacent to an activating group) is 1. The van der Waals surface area contributed by atoms with Gasteiger partial charge in [0.05, 0.1) is 6.04 Å². The van der Waals surface area contributed by atoms with E-state index in [1.165, 1.54) is 14.1 Å². The van der Waals surface area contributed by atoms with Crippen LogP contribution in [0.3, 0.4) is 0 Å². The lowest BCUT2D eigenvalue weighted by atomic mass is 9.67. The number of nitrogens with zero attached hydrogens (tertiary/aromatic N) is 4. The van der Waals surface area contributed by atoms with E-state index >= 15 is 0 Å². The standard InChI is InChI=1S/C18H21ClN4O3/c1-20-7-8-23-13-6-4-5-12(19)11(13)9-18(14(23)10-20)15(24)21(2)17(26)22(3)16(18)25/h4-6,14H,7-10H2,1-3H3. The van der Waals surface area contributed by atoms with Gasteiger partial charge in [-0.25, -0.2) is 4.79 Å². The van der Waals surface area contributed by atoms with Gasteiger partial charge in [-0.05, 0) is 24.7 Å². The van der Waals surface area contributed by atoms with Crippen LogP contribution in [0.5, 0.6) is 0 Å². The van der Waals surface area contributed by atoms with Gasteiger partial charge in [-0.3, -0.25) is 19.4 Å². The van der Waals surface area contributed by atoms with Crippen LogP contribution in [-0.2, 0) is 16.0 Å². The van der Waals surface area contributed by atoms with Gasteiger partial charge in [0.25, 0.3) is 0 Å². The highest BCUT2D eigenvalue weighted by atomic mass is 35.5. The highest BCUT2D eigenvalue weighted by Crippen LogP contribution is 2.48. The molecule has 0 aliphatic carbocycles. The third-order valence-electron chi connectivity index (χ3n) is 5.96. The summed E-state index contributed by atoms with van der Waals surface area (Å²) in [5, 5.41) is 0.544. The van der Waals surface area contributed by atoms with Gasteiger partial charge in [0, 0.05) is 50.9 Å². The Bertz CT molecular complexity index is 803. The van der Waals surface area contributed by atoms with Crippen molar-refractivity contribution >= 4 is 35.1 Å². The zero-order chi connectivity index (χ0) is 18.8. The molecule has 0 saturated carbocycles. The lowest BCUT2D eigenvalue weighted by Gasteiger charge is -2.55. The van der Waals surface area contributed by atoms with Crippen molar-refractivity contribution in [3.05, 3.63) is 28.8 Å². The van der Waals surface area contributed by atoms with Crippen molar-refractivity contribution in [3.8, 4) is 0 Å². The van der Waals surface area contributed by atoms with Crippen molar-refractivity contribution in [1.82, 2.24) is 14.7 Å². The number of piperazine rings is 1. The minimum atomic E-state index is -1.34. The van der Waals surface area contributed by atoms with Gasteiger partial charge in [-0.2, -0.15) is 0 Å². The van der Waals surface area contributed by atoms with E-state index in [1.54, 1.807) is 6.07 Å². The van der Waals surface area contributed by atoms with Crippen LogP contribution in [0.25, 0.3) is 0 Å². The average molecular weight is 377 g/mol. The van der Waals surface area contributed by atoms with E-state index in [0.29, 0.717) is 18.1 Å². The Morgan fingerprint density at radius 2 is 1.69 bits per heavy atom. The second-order valence-electron chi connectivity index (χ2n) is 7.37. The summed E-state index contributed by atoms with van der Waals surface area (Å²) in [6.45, 7) is 2.09. The van der Waals surface area contributed by atoms with Crippen LogP contribution in [0.4, 0.5) is 10.5 Å². The van der Waals surface area contributed by atoms with Crippen molar-refractivity contribution in [2.24, 2.45) is 5.41 Å². The number of urea groups is 1. The van der Waals surface area contributed by atoms with Gasteiger partial charge in [-0.15, -0.1) is 0 Å². The molecule has 2 fully saturated rings. The van der Waals surface area contributed by atoms with E-state index in [2.05, 4.69) is 9.80 Å². The highest BCUT2D eigenvalue weighted by molar-refractivity contribution is 6.32. The summed E-state index contributed by atoms with van der Waals surface area (Å²) in [5.41, 5.74) is 0.432. The molecular formula is C18H21ClN4O3. The fraction of sp³-hybridized carbons (Fsp3) is 0.500. The molecule has 7 nitrogen and oxygen atoms in total. The number of amides is 4. The minimum absolute atomic E-state index is 0.205. The predicted octanol–water partition coefficient (Wildman–Crippen LogP) is 1.05. The smallest absolute Gasteiger partial charge is 0.332 e. The first kappa shape index (κ1) is 17.3. The monoisotopic (exact) mass is 376 g/mol. The normalized spacial score (nSPS) is 25.6. The van der Waals surface area contributed by atoms with Crippen LogP contribution in [0, 0.1) is 5.41 Å². The molecule has 2 saturated heterocycles. The third kappa shape index (κ3) is 2.07. The Labute approximate surface area is 157 Å². The molecule has 8 heteroatoms. The summed E-state index contributed by atoms with van der Waals surface area (Å²) in [4.78, 5) is 45.3. The summed E-state index contributed by atoms with van der Waals surface area (Å²) in [6, 6.07) is 4.72. The third-order valence-corrected chi connectivity index (χ3v) is 6.31. The molecule has 1 atom stereocenters. The van der Waals surface area contributed by atoms with Gasteiger partial charge < -0.3 is 9.80 Å². The van der Waals surface area contributed by atoms with E-state index in [-0.39, 0.29) is 12.5 Å². The largest absolute Gasteiger partial charge is 0.364 e. The number of anilines is 1. The van der Waals surface area contributed by atoms with Gasteiger partial charge in [-0.1, -0.05) is 17.7 Å². The summed E-state index contributed by atoms with van der Waals surface area (Å²) in [7, 11) is 4.86. The van der Waals surface area contributed by atoms with Crippen LogP contribution in [-0.4, -0.2) is 79.4 Å². The molecule has 1 unspecified atom stereocenters. The van der Waals surface area contributed by atoms with Crippen LogP contribution in [0.15, 0.2) is 18.2 Å². The molecule has 4 amide bonds. The number of barbiturate groups is 1. The molecule has 3 aliphatic rings. The number of benzene rings is 1. The van der Waals surface area contributed by atoms with Crippen LogP contribution in [0.1, 0.15) is 5.56 Å². The zero-order valence-corrected chi connectivity index (χ0v) is 15.8. The van der Waals surface area contributed by atoms with E-state index < -0.39 is 23.3 Å². The number of hydrogen-bond donors (Lipinski definition) is 0. The van der Waals surface area contributed by atoms with Crippen LogP contribution >= 0.6 is 11.6 Å². The Morgan fingerprint density at radius 1 is 1.04 bits per heavy atom. The van der Waals surface area contributed by atoms with Crippen molar-refractivity contribution < 1.29 is 14.4 Å². The molecule has 1 spiro atoms. The number of hydrogen-bond acceptors (Lipinski definition) is 5. The first-order valence-corrected chi connectivity index (χ1v) is 8.99. The van der Waals surface area contributed by atoms with Crippen LogP contribution in [0.2, 0.25) is 5.02 Å². The maximum Gasteiger partial charge on any atom is 0.332 e. The number of halogens is 1. The maximum absolute atomic E-state index is 13.3. The first-order chi connectivity index (χ1) is 12.3. The molecule has 0 aromatic heterocycles.